The maximum Gasteiger partial charge on any atom is 0.345 e. The Labute approximate surface area is 134 Å². The quantitative estimate of drug-likeness (QED) is 0.814. The van der Waals surface area contributed by atoms with E-state index in [0.29, 0.717) is 5.76 Å². The molecule has 0 atom stereocenters. The van der Waals surface area contributed by atoms with Gasteiger partial charge in [0.2, 0.25) is 10.0 Å². The summed E-state index contributed by atoms with van der Waals surface area (Å²) in [5, 5.41) is 8.96. The molecule has 2 aromatic heterocycles. The first-order chi connectivity index (χ1) is 9.86. The minimum atomic E-state index is -3.80. The molecule has 0 fully saturated rings. The van der Waals surface area contributed by atoms with Crippen LogP contribution in [0.15, 0.2) is 37.6 Å². The Morgan fingerprint density at radius 3 is 2.71 bits per heavy atom. The van der Waals surface area contributed by atoms with Crippen molar-refractivity contribution in [1.82, 2.24) is 4.31 Å². The zero-order chi connectivity index (χ0) is 15.6. The molecular weight excluding hydrogens is 382 g/mol. The van der Waals surface area contributed by atoms with Gasteiger partial charge in [-0.3, -0.25) is 0 Å². The lowest BCUT2D eigenvalue weighted by Crippen LogP contribution is -2.30. The highest BCUT2D eigenvalue weighted by atomic mass is 79.9. The second-order valence-electron chi connectivity index (χ2n) is 4.06. The van der Waals surface area contributed by atoms with Gasteiger partial charge in [-0.15, -0.1) is 11.3 Å². The molecule has 0 spiro atoms. The third-order valence-corrected chi connectivity index (χ3v) is 6.91. The van der Waals surface area contributed by atoms with Crippen LogP contribution in [0.4, 0.5) is 0 Å². The highest BCUT2D eigenvalue weighted by molar-refractivity contribution is 9.11. The van der Waals surface area contributed by atoms with Gasteiger partial charge in [-0.25, -0.2) is 13.2 Å². The van der Waals surface area contributed by atoms with E-state index in [1.807, 2.05) is 0 Å². The van der Waals surface area contributed by atoms with Crippen LogP contribution < -0.4 is 0 Å². The molecule has 0 bridgehead atoms. The maximum absolute atomic E-state index is 12.6. The summed E-state index contributed by atoms with van der Waals surface area (Å²) in [5.74, 6) is -0.638. The first kappa shape index (κ1) is 16.2. The van der Waals surface area contributed by atoms with Gasteiger partial charge < -0.3 is 9.52 Å². The molecule has 0 amide bonds. The second kappa shape index (κ2) is 6.30. The van der Waals surface area contributed by atoms with Crippen molar-refractivity contribution in [2.24, 2.45) is 0 Å². The van der Waals surface area contributed by atoms with Gasteiger partial charge in [0.05, 0.1) is 16.6 Å². The van der Waals surface area contributed by atoms with Crippen LogP contribution in [-0.4, -0.2) is 30.3 Å². The van der Waals surface area contributed by atoms with Crippen molar-refractivity contribution in [2.75, 3.05) is 6.54 Å². The van der Waals surface area contributed by atoms with Gasteiger partial charge in [-0.1, -0.05) is 6.92 Å². The lowest BCUT2D eigenvalue weighted by molar-refractivity contribution is 0.0702. The number of rotatable bonds is 6. The van der Waals surface area contributed by atoms with Crippen molar-refractivity contribution < 1.29 is 22.7 Å². The Balaban J connectivity index is 2.37. The predicted molar refractivity (Wildman–Crippen MR) is 81.0 cm³/mol. The molecule has 1 N–H and O–H groups in total. The minimum absolute atomic E-state index is 0.0329. The van der Waals surface area contributed by atoms with E-state index in [4.69, 9.17) is 9.52 Å². The molecule has 0 radical (unpaired) electrons. The average Bonchev–Trinajstić information content (AvgIpc) is 3.04. The number of carboxylic acids is 1. The summed E-state index contributed by atoms with van der Waals surface area (Å²) in [6, 6.07) is 4.53. The van der Waals surface area contributed by atoms with E-state index in [0.717, 1.165) is 17.4 Å². The molecule has 9 heteroatoms. The topological polar surface area (TPSA) is 87.8 Å². The standard InChI is InChI=1S/C12H12BrNO5S2/c1-2-14(7-8-4-3-5-19-8)21(17,18)10-6-9(12(15)16)20-11(10)13/h3-6H,2,7H2,1H3,(H,15,16). The van der Waals surface area contributed by atoms with Gasteiger partial charge in [0.25, 0.3) is 0 Å². The Hall–Kier alpha value is -1.16. The Morgan fingerprint density at radius 2 is 2.24 bits per heavy atom. The molecule has 0 unspecified atom stereocenters. The first-order valence-corrected chi connectivity index (χ1v) is 8.96. The number of halogens is 1. The summed E-state index contributed by atoms with van der Waals surface area (Å²) in [7, 11) is -3.80. The number of hydrogen-bond donors (Lipinski definition) is 1. The molecule has 0 saturated heterocycles. The number of aromatic carboxylic acids is 1. The molecule has 0 saturated carbocycles. The number of carbonyl (C=O) groups is 1. The molecule has 114 valence electrons. The first-order valence-electron chi connectivity index (χ1n) is 5.91. The summed E-state index contributed by atoms with van der Waals surface area (Å²) < 4.78 is 31.9. The Morgan fingerprint density at radius 1 is 1.52 bits per heavy atom. The average molecular weight is 394 g/mol. The zero-order valence-electron chi connectivity index (χ0n) is 10.9. The molecule has 6 nitrogen and oxygen atoms in total. The van der Waals surface area contributed by atoms with E-state index in [-0.39, 0.29) is 26.6 Å². The lowest BCUT2D eigenvalue weighted by atomic mass is 10.4. The van der Waals surface area contributed by atoms with Crippen molar-refractivity contribution in [3.8, 4) is 0 Å². The van der Waals surface area contributed by atoms with Gasteiger partial charge >= 0.3 is 5.97 Å². The van der Waals surface area contributed by atoms with Crippen LogP contribution in [0.1, 0.15) is 22.4 Å². The van der Waals surface area contributed by atoms with Crippen molar-refractivity contribution >= 4 is 43.3 Å². The number of furan rings is 1. The smallest absolute Gasteiger partial charge is 0.345 e. The van der Waals surface area contributed by atoms with Gasteiger partial charge in [-0.05, 0) is 34.1 Å². The lowest BCUT2D eigenvalue weighted by Gasteiger charge is -2.18. The monoisotopic (exact) mass is 393 g/mol. The van der Waals surface area contributed by atoms with Crippen LogP contribution in [0.2, 0.25) is 0 Å². The van der Waals surface area contributed by atoms with Crippen LogP contribution >= 0.6 is 27.3 Å². The Bertz CT molecular complexity index is 736. The summed E-state index contributed by atoms with van der Waals surface area (Å²) in [4.78, 5) is 10.9. The maximum atomic E-state index is 12.6. The summed E-state index contributed by atoms with van der Waals surface area (Å²) in [5.41, 5.74) is 0. The number of nitrogens with zero attached hydrogens (tertiary/aromatic N) is 1. The minimum Gasteiger partial charge on any atom is -0.477 e. The number of carboxylic acid groups (broad SMARTS) is 1. The van der Waals surface area contributed by atoms with Crippen LogP contribution in [0, 0.1) is 0 Å². The zero-order valence-corrected chi connectivity index (χ0v) is 14.2. The molecule has 0 aliphatic heterocycles. The third-order valence-electron chi connectivity index (χ3n) is 2.75. The fourth-order valence-electron chi connectivity index (χ4n) is 1.72. The molecule has 2 rings (SSSR count). The largest absolute Gasteiger partial charge is 0.477 e. The summed E-state index contributed by atoms with van der Waals surface area (Å²) >= 11 is 4.00. The third kappa shape index (κ3) is 3.37. The number of sulfonamides is 1. The van der Waals surface area contributed by atoms with E-state index in [1.54, 1.807) is 19.1 Å². The van der Waals surface area contributed by atoms with Gasteiger partial charge in [-0.2, -0.15) is 4.31 Å². The number of hydrogen-bond acceptors (Lipinski definition) is 5. The normalized spacial score (nSPS) is 12.0. The fourth-order valence-corrected chi connectivity index (χ4v) is 5.48. The van der Waals surface area contributed by atoms with Crippen LogP contribution in [0.25, 0.3) is 0 Å². The number of thiophene rings is 1. The van der Waals surface area contributed by atoms with Crippen molar-refractivity contribution in [2.45, 2.75) is 18.4 Å². The molecule has 0 aromatic carbocycles. The molecule has 0 aliphatic carbocycles. The summed E-state index contributed by atoms with van der Waals surface area (Å²) in [6.45, 7) is 2.04. The van der Waals surface area contributed by atoms with E-state index in [1.165, 1.54) is 10.6 Å². The van der Waals surface area contributed by atoms with Gasteiger partial charge in [0.1, 0.15) is 15.5 Å². The molecule has 2 heterocycles. The SMILES string of the molecule is CCN(Cc1ccco1)S(=O)(=O)c1cc(C(=O)O)sc1Br. The van der Waals surface area contributed by atoms with Crippen LogP contribution in [0.3, 0.4) is 0 Å². The van der Waals surface area contributed by atoms with Crippen molar-refractivity contribution in [1.29, 1.82) is 0 Å². The van der Waals surface area contributed by atoms with Crippen molar-refractivity contribution in [3.05, 3.63) is 38.9 Å². The fraction of sp³-hybridized carbons (Fsp3) is 0.250. The van der Waals surface area contributed by atoms with Gasteiger partial charge in [0, 0.05) is 6.54 Å². The van der Waals surface area contributed by atoms with Crippen LogP contribution in [0.5, 0.6) is 0 Å². The highest BCUT2D eigenvalue weighted by Crippen LogP contribution is 2.34. The highest BCUT2D eigenvalue weighted by Gasteiger charge is 2.29. The van der Waals surface area contributed by atoms with Crippen molar-refractivity contribution in [3.63, 3.8) is 0 Å². The van der Waals surface area contributed by atoms with E-state index >= 15 is 0 Å². The Kier molecular flexibility index (Phi) is 4.87. The molecular formula is C12H12BrNO5S2. The van der Waals surface area contributed by atoms with E-state index in [2.05, 4.69) is 15.9 Å². The molecule has 0 aliphatic rings. The molecule has 2 aromatic rings. The predicted octanol–water partition coefficient (Wildman–Crippen LogP) is 3.01. The second-order valence-corrected chi connectivity index (χ2v) is 8.34. The van der Waals surface area contributed by atoms with E-state index < -0.39 is 16.0 Å². The molecule has 21 heavy (non-hydrogen) atoms. The van der Waals surface area contributed by atoms with E-state index in [9.17, 15) is 13.2 Å². The van der Waals surface area contributed by atoms with Crippen LogP contribution in [-0.2, 0) is 16.6 Å². The summed E-state index contributed by atoms with van der Waals surface area (Å²) in [6.07, 6.45) is 1.47. The van der Waals surface area contributed by atoms with Gasteiger partial charge in [0.15, 0.2) is 0 Å².